The number of benzene rings is 2. The Bertz CT molecular complexity index is 725. The molecule has 1 fully saturated rings. The third kappa shape index (κ3) is 2.72. The van der Waals surface area contributed by atoms with Crippen molar-refractivity contribution in [2.24, 2.45) is 0 Å². The summed E-state index contributed by atoms with van der Waals surface area (Å²) in [7, 11) is 0. The number of hydrogen-bond acceptors (Lipinski definition) is 1. The van der Waals surface area contributed by atoms with Gasteiger partial charge < -0.3 is 10.2 Å². The van der Waals surface area contributed by atoms with Crippen LogP contribution in [0, 0.1) is 26.2 Å². The average molecular weight is 307 g/mol. The highest BCUT2D eigenvalue weighted by molar-refractivity contribution is 5.98. The van der Waals surface area contributed by atoms with E-state index in [0.717, 1.165) is 13.0 Å². The first-order chi connectivity index (χ1) is 11.0. The van der Waals surface area contributed by atoms with Gasteiger partial charge in [0.1, 0.15) is 0 Å². The maximum atomic E-state index is 8.41. The predicted octanol–water partition coefficient (Wildman–Crippen LogP) is 4.26. The molecule has 0 aromatic heterocycles. The van der Waals surface area contributed by atoms with Crippen LogP contribution in [-0.4, -0.2) is 12.5 Å². The molecule has 2 N–H and O–H groups in total. The number of aryl methyl sites for hydroxylation is 4. The van der Waals surface area contributed by atoms with E-state index in [2.05, 4.69) is 74.3 Å². The van der Waals surface area contributed by atoms with Gasteiger partial charge in [0.05, 0.1) is 11.7 Å². The zero-order valence-electron chi connectivity index (χ0n) is 14.4. The Kier molecular flexibility index (Phi) is 4.12. The maximum absolute atomic E-state index is 8.41. The molecule has 3 heteroatoms. The van der Waals surface area contributed by atoms with Crippen LogP contribution in [-0.2, 0) is 6.42 Å². The van der Waals surface area contributed by atoms with Crippen molar-refractivity contribution in [3.05, 3.63) is 64.2 Å². The van der Waals surface area contributed by atoms with Crippen molar-refractivity contribution >= 4 is 11.6 Å². The molecule has 1 heterocycles. The molecule has 0 bridgehead atoms. The van der Waals surface area contributed by atoms with Gasteiger partial charge in [-0.15, -0.1) is 0 Å². The summed E-state index contributed by atoms with van der Waals surface area (Å²) in [6.45, 7) is 9.39. The van der Waals surface area contributed by atoms with Crippen LogP contribution in [0.1, 0.15) is 40.8 Å². The van der Waals surface area contributed by atoms with Crippen LogP contribution in [0.3, 0.4) is 0 Å². The quantitative estimate of drug-likeness (QED) is 0.889. The van der Waals surface area contributed by atoms with Gasteiger partial charge in [-0.25, -0.2) is 0 Å². The van der Waals surface area contributed by atoms with Crippen molar-refractivity contribution < 1.29 is 0 Å². The standard InChI is InChI=1S/C20H25N3/c1-5-16-8-6-7-9-17(16)18-12-22-20(21)23(18)19-14(3)10-13(2)11-15(19)4/h6-11,18H,5,12H2,1-4H3,(H2,21,22). The Morgan fingerprint density at radius 1 is 1.13 bits per heavy atom. The lowest BCUT2D eigenvalue weighted by Crippen LogP contribution is -2.32. The lowest BCUT2D eigenvalue weighted by Gasteiger charge is -2.29. The Balaban J connectivity index is 2.12. The molecule has 1 unspecified atom stereocenters. The average Bonchev–Trinajstić information content (AvgIpc) is 2.88. The van der Waals surface area contributed by atoms with Gasteiger partial charge in [0.15, 0.2) is 5.96 Å². The normalized spacial score (nSPS) is 17.5. The van der Waals surface area contributed by atoms with Crippen molar-refractivity contribution in [1.82, 2.24) is 5.32 Å². The van der Waals surface area contributed by atoms with E-state index in [-0.39, 0.29) is 6.04 Å². The van der Waals surface area contributed by atoms with E-state index in [1.54, 1.807) is 0 Å². The molecule has 1 atom stereocenters. The van der Waals surface area contributed by atoms with Crippen molar-refractivity contribution in [1.29, 1.82) is 5.41 Å². The van der Waals surface area contributed by atoms with Crippen LogP contribution in [0.2, 0.25) is 0 Å². The summed E-state index contributed by atoms with van der Waals surface area (Å²) in [5.41, 5.74) is 7.59. The molecule has 3 rings (SSSR count). The SMILES string of the molecule is CCc1ccccc1C1CNC(=N)N1c1c(C)cc(C)cc1C. The second-order valence-corrected chi connectivity index (χ2v) is 6.41. The third-order valence-corrected chi connectivity index (χ3v) is 4.69. The molecule has 2 aromatic rings. The Morgan fingerprint density at radius 2 is 1.78 bits per heavy atom. The van der Waals surface area contributed by atoms with E-state index in [1.807, 2.05) is 0 Å². The summed E-state index contributed by atoms with van der Waals surface area (Å²) in [4.78, 5) is 2.17. The van der Waals surface area contributed by atoms with Crippen molar-refractivity contribution in [2.45, 2.75) is 40.2 Å². The van der Waals surface area contributed by atoms with E-state index >= 15 is 0 Å². The Labute approximate surface area is 138 Å². The largest absolute Gasteiger partial charge is 0.354 e. The first-order valence-electron chi connectivity index (χ1n) is 8.30. The molecule has 120 valence electrons. The van der Waals surface area contributed by atoms with Crippen LogP contribution < -0.4 is 10.2 Å². The molecular formula is C20H25N3. The van der Waals surface area contributed by atoms with E-state index in [0.29, 0.717) is 5.96 Å². The summed E-state index contributed by atoms with van der Waals surface area (Å²) >= 11 is 0. The monoisotopic (exact) mass is 307 g/mol. The minimum atomic E-state index is 0.179. The van der Waals surface area contributed by atoms with Crippen LogP contribution >= 0.6 is 0 Å². The van der Waals surface area contributed by atoms with Gasteiger partial charge in [-0.3, -0.25) is 5.41 Å². The molecule has 0 radical (unpaired) electrons. The molecule has 1 aliphatic heterocycles. The van der Waals surface area contributed by atoms with Crippen molar-refractivity contribution in [3.63, 3.8) is 0 Å². The van der Waals surface area contributed by atoms with E-state index in [9.17, 15) is 0 Å². The molecule has 23 heavy (non-hydrogen) atoms. The van der Waals surface area contributed by atoms with E-state index < -0.39 is 0 Å². The molecule has 0 amide bonds. The molecular weight excluding hydrogens is 282 g/mol. The zero-order chi connectivity index (χ0) is 16.6. The Morgan fingerprint density at radius 3 is 2.43 bits per heavy atom. The molecule has 0 aliphatic carbocycles. The number of rotatable bonds is 3. The minimum Gasteiger partial charge on any atom is -0.354 e. The van der Waals surface area contributed by atoms with Gasteiger partial charge >= 0.3 is 0 Å². The number of hydrogen-bond donors (Lipinski definition) is 2. The molecule has 3 nitrogen and oxygen atoms in total. The van der Waals surface area contributed by atoms with E-state index in [4.69, 9.17) is 5.41 Å². The van der Waals surface area contributed by atoms with Gasteiger partial charge in [-0.2, -0.15) is 0 Å². The fourth-order valence-corrected chi connectivity index (χ4v) is 3.78. The fourth-order valence-electron chi connectivity index (χ4n) is 3.78. The van der Waals surface area contributed by atoms with Crippen LogP contribution in [0.25, 0.3) is 0 Å². The highest BCUT2D eigenvalue weighted by Gasteiger charge is 2.33. The second kappa shape index (κ2) is 6.07. The van der Waals surface area contributed by atoms with Gasteiger partial charge in [0.2, 0.25) is 0 Å². The molecule has 2 aromatic carbocycles. The van der Waals surface area contributed by atoms with Gasteiger partial charge in [-0.05, 0) is 49.4 Å². The summed E-state index contributed by atoms with van der Waals surface area (Å²) < 4.78 is 0. The number of nitrogens with one attached hydrogen (secondary N) is 2. The Hall–Kier alpha value is -2.29. The molecule has 1 saturated heterocycles. The number of guanidine groups is 1. The van der Waals surface area contributed by atoms with E-state index in [1.165, 1.54) is 33.5 Å². The lowest BCUT2D eigenvalue weighted by atomic mass is 9.96. The smallest absolute Gasteiger partial charge is 0.196 e. The van der Waals surface area contributed by atoms with Crippen molar-refractivity contribution in [2.75, 3.05) is 11.4 Å². The van der Waals surface area contributed by atoms with Crippen LogP contribution in [0.4, 0.5) is 5.69 Å². The fraction of sp³-hybridized carbons (Fsp3) is 0.350. The topological polar surface area (TPSA) is 39.1 Å². The number of nitrogens with zero attached hydrogens (tertiary/aromatic N) is 1. The lowest BCUT2D eigenvalue weighted by molar-refractivity contribution is 0.743. The first kappa shape index (κ1) is 15.6. The molecule has 0 saturated carbocycles. The highest BCUT2D eigenvalue weighted by atomic mass is 15.4. The molecule has 0 spiro atoms. The summed E-state index contributed by atoms with van der Waals surface area (Å²) in [6.07, 6.45) is 1.01. The summed E-state index contributed by atoms with van der Waals surface area (Å²) in [5.74, 6) is 0.496. The summed E-state index contributed by atoms with van der Waals surface area (Å²) in [6, 6.07) is 13.2. The van der Waals surface area contributed by atoms with Gasteiger partial charge in [-0.1, -0.05) is 48.9 Å². The maximum Gasteiger partial charge on any atom is 0.196 e. The van der Waals surface area contributed by atoms with Gasteiger partial charge in [0, 0.05) is 6.54 Å². The van der Waals surface area contributed by atoms with Crippen molar-refractivity contribution in [3.8, 4) is 0 Å². The summed E-state index contributed by atoms with van der Waals surface area (Å²) in [5, 5.41) is 11.7. The third-order valence-electron chi connectivity index (χ3n) is 4.69. The predicted molar refractivity (Wildman–Crippen MR) is 97.4 cm³/mol. The number of anilines is 1. The van der Waals surface area contributed by atoms with Gasteiger partial charge in [0.25, 0.3) is 0 Å². The second-order valence-electron chi connectivity index (χ2n) is 6.41. The highest BCUT2D eigenvalue weighted by Crippen LogP contribution is 2.36. The first-order valence-corrected chi connectivity index (χ1v) is 8.30. The van der Waals surface area contributed by atoms with Crippen LogP contribution in [0.15, 0.2) is 36.4 Å². The minimum absolute atomic E-state index is 0.179. The molecule has 1 aliphatic rings. The zero-order valence-corrected chi connectivity index (χ0v) is 14.4. The van der Waals surface area contributed by atoms with Crippen LogP contribution in [0.5, 0.6) is 0 Å².